The van der Waals surface area contributed by atoms with Gasteiger partial charge in [0, 0.05) is 26.2 Å². The number of hydrogen-bond acceptors (Lipinski definition) is 12. The lowest BCUT2D eigenvalue weighted by Crippen LogP contribution is -2.39. The van der Waals surface area contributed by atoms with E-state index in [0.717, 1.165) is 0 Å². The molecule has 0 bridgehead atoms. The summed E-state index contributed by atoms with van der Waals surface area (Å²) in [5, 5.41) is 46.6. The average molecular weight is 874 g/mol. The number of amides is 2. The molecule has 0 spiro atoms. The summed E-state index contributed by atoms with van der Waals surface area (Å²) in [6.45, 7) is 18.1. The van der Waals surface area contributed by atoms with E-state index in [-0.39, 0.29) is 25.0 Å². The quantitative estimate of drug-likeness (QED) is 0.0928. The van der Waals surface area contributed by atoms with E-state index in [9.17, 15) is 30.0 Å². The predicted molar refractivity (Wildman–Crippen MR) is 227 cm³/mol. The van der Waals surface area contributed by atoms with Gasteiger partial charge in [-0.2, -0.15) is 0 Å². The molecule has 2 fully saturated rings. The Hall–Kier alpha value is -3.93. The molecule has 4 aromatic heterocycles. The zero-order valence-corrected chi connectivity index (χ0v) is 37.6. The van der Waals surface area contributed by atoms with Gasteiger partial charge in [-0.1, -0.05) is 51.1 Å². The van der Waals surface area contributed by atoms with E-state index in [4.69, 9.17) is 32.7 Å². The van der Waals surface area contributed by atoms with Gasteiger partial charge < -0.3 is 49.7 Å². The lowest BCUT2D eigenvalue weighted by molar-refractivity contribution is -0.115. The number of aliphatic hydroxyl groups is 4. The molecule has 8 atom stereocenters. The number of aromatic nitrogens is 6. The van der Waals surface area contributed by atoms with Crippen molar-refractivity contribution in [1.82, 2.24) is 29.1 Å². The molecule has 4 unspecified atom stereocenters. The van der Waals surface area contributed by atoms with Crippen molar-refractivity contribution >= 4 is 84.9 Å². The summed E-state index contributed by atoms with van der Waals surface area (Å²) in [5.74, 6) is 6.55. The third kappa shape index (κ3) is 9.42. The first kappa shape index (κ1) is 45.2. The van der Waals surface area contributed by atoms with Crippen LogP contribution in [0.1, 0.15) is 51.3 Å². The molecule has 2 amide bonds. The third-order valence-corrected chi connectivity index (χ3v) is 11.8. The highest BCUT2D eigenvalue weighted by atomic mass is 35.5. The van der Waals surface area contributed by atoms with Crippen molar-refractivity contribution in [2.75, 3.05) is 23.8 Å². The number of ether oxygens (including phenoxy) is 2. The number of fused-ring (bicyclic) bond motifs is 2. The molecule has 2 saturated heterocycles. The SMILES string of the molecule is CC(=O)Nc1ncnc2c1c(C#C[Si](C)(C)C)cn2[C@@H]1OC(CO)C(O)[C@@]1(C)Cl.CC(=O)Nc1ncnc2c1c(C#C[Si](C)(C)C)cn2[C@@H]1OC(CO)C(O)[C@@]1(C)Cl. The van der Waals surface area contributed by atoms with Gasteiger partial charge in [-0.3, -0.25) is 9.59 Å². The van der Waals surface area contributed by atoms with Crippen molar-refractivity contribution in [1.29, 1.82) is 0 Å². The Morgan fingerprint density at radius 1 is 0.724 bits per heavy atom. The first-order valence-electron chi connectivity index (χ1n) is 18.5. The van der Waals surface area contributed by atoms with Crippen LogP contribution in [-0.4, -0.2) is 125 Å². The fraction of sp³-hybridized carbons (Fsp3) is 0.526. The van der Waals surface area contributed by atoms with Crippen molar-refractivity contribution in [2.24, 2.45) is 0 Å². The monoisotopic (exact) mass is 872 g/mol. The van der Waals surface area contributed by atoms with Gasteiger partial charge in [0.15, 0.2) is 12.5 Å². The molecule has 6 N–H and O–H groups in total. The molecule has 6 rings (SSSR count). The van der Waals surface area contributed by atoms with E-state index in [1.54, 1.807) is 35.4 Å². The summed E-state index contributed by atoms with van der Waals surface area (Å²) in [5.41, 5.74) is 8.80. The highest BCUT2D eigenvalue weighted by molar-refractivity contribution is 6.84. The van der Waals surface area contributed by atoms with Gasteiger partial charge in [0.2, 0.25) is 11.8 Å². The Morgan fingerprint density at radius 2 is 1.07 bits per heavy atom. The fourth-order valence-electron chi connectivity index (χ4n) is 6.48. The molecular weight excluding hydrogens is 824 g/mol. The topological polar surface area (TPSA) is 219 Å². The highest BCUT2D eigenvalue weighted by Crippen LogP contribution is 2.46. The van der Waals surface area contributed by atoms with E-state index in [2.05, 4.69) is 92.8 Å². The number of nitrogens with one attached hydrogen (secondary N) is 2. The van der Waals surface area contributed by atoms with E-state index in [0.29, 0.717) is 44.8 Å². The molecule has 2 aliphatic heterocycles. The zero-order valence-electron chi connectivity index (χ0n) is 34.0. The number of aliphatic hydroxyl groups excluding tert-OH is 4. The van der Waals surface area contributed by atoms with Crippen molar-refractivity contribution in [3.8, 4) is 22.9 Å². The number of carbonyl (C=O) groups excluding carboxylic acids is 2. The number of carbonyl (C=O) groups is 2. The van der Waals surface area contributed by atoms with Gasteiger partial charge in [-0.15, -0.1) is 34.3 Å². The Bertz CT molecular complexity index is 2170. The largest absolute Gasteiger partial charge is 0.394 e. The summed E-state index contributed by atoms with van der Waals surface area (Å²) >= 11 is 13.3. The van der Waals surface area contributed by atoms with Gasteiger partial charge >= 0.3 is 0 Å². The summed E-state index contributed by atoms with van der Waals surface area (Å²) in [7, 11) is -3.37. The Balaban J connectivity index is 0.000000221. The number of hydrogen-bond donors (Lipinski definition) is 6. The fourth-order valence-corrected chi connectivity index (χ4v) is 8.09. The summed E-state index contributed by atoms with van der Waals surface area (Å²) in [6.07, 6.45) is 0.740. The van der Waals surface area contributed by atoms with Gasteiger partial charge in [0.05, 0.1) is 35.1 Å². The molecule has 20 heteroatoms. The summed E-state index contributed by atoms with van der Waals surface area (Å²) in [4.78, 5) is 38.0. The van der Waals surface area contributed by atoms with Crippen LogP contribution >= 0.6 is 23.2 Å². The second-order valence-electron chi connectivity index (χ2n) is 16.7. The standard InChI is InChI=1S/2C19H25ClN4O4Si/c2*1-11(26)23-16-14-12(6-7-29(3,4)5)8-24(17(14)22-10-21-16)18-19(2,20)15(27)13(9-25)28-18/h2*8,10,13,15,18,25,27H,9H2,1-5H3,(H,21,22,23,26)/t2*13?,15?,18-,19-/m11/s1. The molecule has 4 aromatic rings. The number of alkyl halides is 2. The molecule has 58 heavy (non-hydrogen) atoms. The lowest BCUT2D eigenvalue weighted by Gasteiger charge is -2.26. The van der Waals surface area contributed by atoms with E-state index in [1.807, 2.05) is 0 Å². The third-order valence-electron chi connectivity index (χ3n) is 9.25. The van der Waals surface area contributed by atoms with Crippen LogP contribution in [0.2, 0.25) is 39.3 Å². The van der Waals surface area contributed by atoms with Crippen LogP contribution in [0.15, 0.2) is 25.0 Å². The van der Waals surface area contributed by atoms with Gasteiger partial charge in [-0.25, -0.2) is 19.9 Å². The lowest BCUT2D eigenvalue weighted by atomic mass is 10.0. The van der Waals surface area contributed by atoms with Crippen molar-refractivity contribution in [3.05, 3.63) is 36.2 Å². The molecule has 312 valence electrons. The van der Waals surface area contributed by atoms with Crippen LogP contribution in [0, 0.1) is 22.9 Å². The first-order valence-corrected chi connectivity index (χ1v) is 26.3. The molecule has 0 aromatic carbocycles. The molecule has 0 aliphatic carbocycles. The van der Waals surface area contributed by atoms with Crippen LogP contribution in [0.25, 0.3) is 22.1 Å². The maximum atomic E-state index is 11.7. The zero-order chi connectivity index (χ0) is 43.1. The normalized spacial score (nSPS) is 27.0. The van der Waals surface area contributed by atoms with Crippen LogP contribution in [-0.2, 0) is 19.1 Å². The van der Waals surface area contributed by atoms with Gasteiger partial charge in [-0.05, 0) is 13.8 Å². The Labute approximate surface area is 348 Å². The Kier molecular flexibility index (Phi) is 13.2. The number of rotatable bonds is 6. The van der Waals surface area contributed by atoms with Crippen molar-refractivity contribution in [3.63, 3.8) is 0 Å². The minimum Gasteiger partial charge on any atom is -0.394 e. The summed E-state index contributed by atoms with van der Waals surface area (Å²) < 4.78 is 15.1. The number of anilines is 2. The molecular formula is C38H50Cl2N8O8Si2. The molecule has 0 saturated carbocycles. The van der Waals surface area contributed by atoms with Gasteiger partial charge in [0.1, 0.15) is 85.9 Å². The minimum absolute atomic E-state index is 0.267. The number of halogens is 2. The smallest absolute Gasteiger partial charge is 0.222 e. The van der Waals surface area contributed by atoms with E-state index < -0.39 is 62.8 Å². The maximum Gasteiger partial charge on any atom is 0.222 e. The molecule has 2 aliphatic rings. The van der Waals surface area contributed by atoms with Crippen LogP contribution in [0.4, 0.5) is 11.6 Å². The van der Waals surface area contributed by atoms with Crippen molar-refractivity contribution in [2.45, 2.75) is 114 Å². The van der Waals surface area contributed by atoms with Crippen LogP contribution in [0.3, 0.4) is 0 Å². The second-order valence-corrected chi connectivity index (χ2v) is 27.8. The first-order chi connectivity index (χ1) is 26.9. The minimum atomic E-state index is -1.68. The average Bonchev–Trinajstić information content (AvgIpc) is 3.81. The second kappa shape index (κ2) is 17.0. The molecule has 6 heterocycles. The Morgan fingerprint density at radius 3 is 1.34 bits per heavy atom. The van der Waals surface area contributed by atoms with Crippen molar-refractivity contribution < 1.29 is 39.5 Å². The molecule has 0 radical (unpaired) electrons. The predicted octanol–water partition coefficient (Wildman–Crippen LogP) is 3.73. The van der Waals surface area contributed by atoms with Gasteiger partial charge in [0.25, 0.3) is 0 Å². The molecule has 16 nitrogen and oxygen atoms in total. The number of nitrogens with zero attached hydrogens (tertiary/aromatic N) is 6. The van der Waals surface area contributed by atoms with E-state index >= 15 is 0 Å². The van der Waals surface area contributed by atoms with Crippen LogP contribution in [0.5, 0.6) is 0 Å². The summed E-state index contributed by atoms with van der Waals surface area (Å²) in [6, 6.07) is 0. The van der Waals surface area contributed by atoms with Crippen LogP contribution < -0.4 is 10.6 Å². The van der Waals surface area contributed by atoms with E-state index in [1.165, 1.54) is 26.5 Å². The maximum absolute atomic E-state index is 11.7. The highest BCUT2D eigenvalue weighted by Gasteiger charge is 2.54.